The molecule has 0 saturated heterocycles. The first kappa shape index (κ1) is 12.2. The molecular formula is C10H15N3O3. The molecule has 1 rings (SSSR count). The average molecular weight is 225 g/mol. The number of aromatic nitrogens is 2. The Kier molecular flexibility index (Phi) is 4.50. The molecule has 0 aliphatic rings. The van der Waals surface area contributed by atoms with Crippen molar-refractivity contribution in [1.82, 2.24) is 9.97 Å². The molecule has 1 N–H and O–H groups in total. The molecule has 16 heavy (non-hydrogen) atoms. The Morgan fingerprint density at radius 2 is 2.38 bits per heavy atom. The first-order chi connectivity index (χ1) is 7.63. The molecule has 0 amide bonds. The number of anilines is 1. The van der Waals surface area contributed by atoms with Crippen LogP contribution in [0.2, 0.25) is 0 Å². The minimum absolute atomic E-state index is 0.190. The highest BCUT2D eigenvalue weighted by molar-refractivity contribution is 5.69. The molecule has 0 fully saturated rings. The van der Waals surface area contributed by atoms with E-state index in [-0.39, 0.29) is 11.5 Å². The lowest BCUT2D eigenvalue weighted by atomic mass is 10.3. The molecule has 0 aromatic carbocycles. The van der Waals surface area contributed by atoms with E-state index in [1.54, 1.807) is 0 Å². The predicted molar refractivity (Wildman–Crippen MR) is 59.4 cm³/mol. The summed E-state index contributed by atoms with van der Waals surface area (Å²) in [6, 6.07) is 1.41. The molecule has 6 heteroatoms. The number of rotatable bonds is 5. The van der Waals surface area contributed by atoms with Crippen LogP contribution >= 0.6 is 0 Å². The van der Waals surface area contributed by atoms with E-state index in [0.717, 1.165) is 0 Å². The smallest absolute Gasteiger partial charge is 0.305 e. The van der Waals surface area contributed by atoms with Crippen molar-refractivity contribution in [1.29, 1.82) is 0 Å². The number of H-pyrrole nitrogens is 1. The summed E-state index contributed by atoms with van der Waals surface area (Å²) in [4.78, 5) is 30.2. The van der Waals surface area contributed by atoms with Crippen LogP contribution in [0.3, 0.4) is 0 Å². The molecule has 1 heterocycles. The van der Waals surface area contributed by atoms with Crippen molar-refractivity contribution < 1.29 is 9.53 Å². The zero-order valence-electron chi connectivity index (χ0n) is 9.40. The predicted octanol–water partition coefficient (Wildman–Crippen LogP) is 0.159. The molecule has 1 aromatic heterocycles. The maximum atomic E-state index is 11.0. The van der Waals surface area contributed by atoms with E-state index in [2.05, 4.69) is 14.7 Å². The van der Waals surface area contributed by atoms with Crippen LogP contribution in [0, 0.1) is 0 Å². The molecule has 6 nitrogen and oxygen atoms in total. The molecular weight excluding hydrogens is 210 g/mol. The van der Waals surface area contributed by atoms with Crippen LogP contribution in [0.1, 0.15) is 12.8 Å². The summed E-state index contributed by atoms with van der Waals surface area (Å²) in [6.45, 7) is 0.644. The van der Waals surface area contributed by atoms with Crippen molar-refractivity contribution in [3.8, 4) is 0 Å². The van der Waals surface area contributed by atoms with E-state index < -0.39 is 0 Å². The minimum atomic E-state index is -0.229. The lowest BCUT2D eigenvalue weighted by Crippen LogP contribution is -2.22. The van der Waals surface area contributed by atoms with Crippen LogP contribution < -0.4 is 10.5 Å². The van der Waals surface area contributed by atoms with Gasteiger partial charge < -0.3 is 14.6 Å². The number of hydrogen-bond donors (Lipinski definition) is 1. The van der Waals surface area contributed by atoms with Crippen molar-refractivity contribution in [3.05, 3.63) is 22.7 Å². The zero-order chi connectivity index (χ0) is 12.0. The summed E-state index contributed by atoms with van der Waals surface area (Å²) in [5, 5.41) is 0. The zero-order valence-corrected chi connectivity index (χ0v) is 9.40. The summed E-state index contributed by atoms with van der Waals surface area (Å²) in [5.74, 6) is 0.362. The maximum Gasteiger partial charge on any atom is 0.305 e. The lowest BCUT2D eigenvalue weighted by Gasteiger charge is -2.16. The van der Waals surface area contributed by atoms with Crippen LogP contribution in [-0.2, 0) is 9.53 Å². The van der Waals surface area contributed by atoms with Crippen molar-refractivity contribution in [2.75, 3.05) is 25.6 Å². The Balaban J connectivity index is 2.44. The van der Waals surface area contributed by atoms with Crippen LogP contribution in [-0.4, -0.2) is 36.6 Å². The van der Waals surface area contributed by atoms with Gasteiger partial charge in [-0.3, -0.25) is 9.59 Å². The lowest BCUT2D eigenvalue weighted by molar-refractivity contribution is -0.140. The van der Waals surface area contributed by atoms with E-state index >= 15 is 0 Å². The van der Waals surface area contributed by atoms with Gasteiger partial charge in [-0.15, -0.1) is 0 Å². The highest BCUT2D eigenvalue weighted by Gasteiger charge is 2.05. The van der Waals surface area contributed by atoms with Gasteiger partial charge >= 0.3 is 5.97 Å². The van der Waals surface area contributed by atoms with Crippen LogP contribution in [0.15, 0.2) is 17.2 Å². The molecule has 1 aromatic rings. The van der Waals surface area contributed by atoms with Crippen molar-refractivity contribution in [2.24, 2.45) is 0 Å². The molecule has 0 aliphatic carbocycles. The Morgan fingerprint density at radius 1 is 1.62 bits per heavy atom. The van der Waals surface area contributed by atoms with Gasteiger partial charge in [0, 0.05) is 26.1 Å². The molecule has 0 saturated carbocycles. The normalized spacial score (nSPS) is 9.88. The second kappa shape index (κ2) is 5.89. The number of esters is 1. The molecule has 0 atom stereocenters. The summed E-state index contributed by atoms with van der Waals surface area (Å²) >= 11 is 0. The Morgan fingerprint density at radius 3 is 3.00 bits per heavy atom. The van der Waals surface area contributed by atoms with Gasteiger partial charge in [0.05, 0.1) is 13.4 Å². The van der Waals surface area contributed by atoms with Gasteiger partial charge in [-0.1, -0.05) is 0 Å². The number of aromatic amines is 1. The Bertz CT molecular complexity index is 402. The summed E-state index contributed by atoms with van der Waals surface area (Å²) in [7, 11) is 3.18. The number of hydrogen-bond acceptors (Lipinski definition) is 5. The third kappa shape index (κ3) is 3.72. The number of methoxy groups -OCH3 is 1. The Hall–Kier alpha value is -1.85. The second-order valence-corrected chi connectivity index (χ2v) is 3.37. The van der Waals surface area contributed by atoms with Gasteiger partial charge in [-0.2, -0.15) is 0 Å². The standard InChI is InChI=1S/C10H15N3O3/c1-13(5-3-4-10(15)16-2)8-6-9(14)12-7-11-8/h6-7H,3-5H2,1-2H3,(H,11,12,14). The van der Waals surface area contributed by atoms with E-state index in [1.807, 2.05) is 11.9 Å². The van der Waals surface area contributed by atoms with Crippen molar-refractivity contribution in [2.45, 2.75) is 12.8 Å². The van der Waals surface area contributed by atoms with Crippen LogP contribution in [0.4, 0.5) is 5.82 Å². The van der Waals surface area contributed by atoms with Crippen molar-refractivity contribution >= 4 is 11.8 Å². The van der Waals surface area contributed by atoms with Gasteiger partial charge in [0.15, 0.2) is 0 Å². The van der Waals surface area contributed by atoms with E-state index in [0.29, 0.717) is 25.2 Å². The number of nitrogens with one attached hydrogen (secondary N) is 1. The van der Waals surface area contributed by atoms with Gasteiger partial charge in [0.1, 0.15) is 5.82 Å². The molecule has 0 unspecified atom stereocenters. The summed E-state index contributed by atoms with van der Waals surface area (Å²) in [6.07, 6.45) is 2.39. The summed E-state index contributed by atoms with van der Waals surface area (Å²) < 4.78 is 4.53. The number of carbonyl (C=O) groups excluding carboxylic acids is 1. The van der Waals surface area contributed by atoms with E-state index in [4.69, 9.17) is 0 Å². The minimum Gasteiger partial charge on any atom is -0.469 e. The average Bonchev–Trinajstić information content (AvgIpc) is 2.28. The highest BCUT2D eigenvalue weighted by atomic mass is 16.5. The molecule has 0 bridgehead atoms. The number of carbonyl (C=O) groups is 1. The number of ether oxygens (including phenoxy) is 1. The first-order valence-electron chi connectivity index (χ1n) is 4.96. The third-order valence-electron chi connectivity index (χ3n) is 2.16. The van der Waals surface area contributed by atoms with Crippen LogP contribution in [0.5, 0.6) is 0 Å². The maximum absolute atomic E-state index is 11.0. The quantitative estimate of drug-likeness (QED) is 0.722. The highest BCUT2D eigenvalue weighted by Crippen LogP contribution is 2.05. The number of nitrogens with zero attached hydrogens (tertiary/aromatic N) is 2. The van der Waals surface area contributed by atoms with E-state index in [1.165, 1.54) is 19.5 Å². The fraction of sp³-hybridized carbons (Fsp3) is 0.500. The van der Waals surface area contributed by atoms with E-state index in [9.17, 15) is 9.59 Å². The fourth-order valence-electron chi connectivity index (χ4n) is 1.24. The fourth-order valence-corrected chi connectivity index (χ4v) is 1.24. The molecule has 0 spiro atoms. The van der Waals surface area contributed by atoms with Gasteiger partial charge in [-0.25, -0.2) is 4.98 Å². The molecule has 0 radical (unpaired) electrons. The van der Waals surface area contributed by atoms with Crippen molar-refractivity contribution in [3.63, 3.8) is 0 Å². The largest absolute Gasteiger partial charge is 0.469 e. The Labute approximate surface area is 93.3 Å². The first-order valence-corrected chi connectivity index (χ1v) is 4.96. The SMILES string of the molecule is COC(=O)CCCN(C)c1cc(=O)[nH]cn1. The van der Waals surface area contributed by atoms with Gasteiger partial charge in [0.2, 0.25) is 0 Å². The second-order valence-electron chi connectivity index (χ2n) is 3.37. The topological polar surface area (TPSA) is 75.3 Å². The van der Waals surface area contributed by atoms with Crippen LogP contribution in [0.25, 0.3) is 0 Å². The summed E-state index contributed by atoms with van der Waals surface area (Å²) in [5.41, 5.74) is -0.190. The monoisotopic (exact) mass is 225 g/mol. The third-order valence-corrected chi connectivity index (χ3v) is 2.16. The molecule has 0 aliphatic heterocycles. The van der Waals surface area contributed by atoms with Gasteiger partial charge in [0.25, 0.3) is 5.56 Å². The molecule has 88 valence electrons. The van der Waals surface area contributed by atoms with Gasteiger partial charge in [-0.05, 0) is 6.42 Å².